The molecule has 0 unspecified atom stereocenters. The standard InChI is InChI=1S/C26H28ClFO3/c1-29-15-20-16-30-25(31-17-20)13-6-19-5-12-24-22(14-19)9-8-21(26(24)28)7-2-18-3-10-23(27)11-4-18/h3-5,8-12,14,20,25H,2,6-7,13,15-17H2,1H3. The SMILES string of the molecule is COCC1COC(CCc2ccc3c(F)c(CCc4ccc(Cl)cc4)ccc3c2)OC1. The lowest BCUT2D eigenvalue weighted by Gasteiger charge is -2.29. The van der Waals surface area contributed by atoms with Gasteiger partial charge in [0, 0.05) is 29.9 Å². The number of aryl methyl sites for hydroxylation is 3. The molecular formula is C26H28ClFO3. The second-order valence-corrected chi connectivity index (χ2v) is 8.61. The Bertz CT molecular complexity index is 997. The van der Waals surface area contributed by atoms with Crippen LogP contribution in [-0.4, -0.2) is 33.2 Å². The Morgan fingerprint density at radius 1 is 0.935 bits per heavy atom. The highest BCUT2D eigenvalue weighted by Crippen LogP contribution is 2.25. The van der Waals surface area contributed by atoms with E-state index in [0.717, 1.165) is 41.3 Å². The first kappa shape index (κ1) is 22.2. The van der Waals surface area contributed by atoms with Gasteiger partial charge in [-0.05, 0) is 53.5 Å². The van der Waals surface area contributed by atoms with E-state index in [-0.39, 0.29) is 12.1 Å². The molecule has 1 aliphatic heterocycles. The second kappa shape index (κ2) is 10.6. The molecule has 5 heteroatoms. The number of hydrogen-bond acceptors (Lipinski definition) is 3. The van der Waals surface area contributed by atoms with E-state index < -0.39 is 0 Å². The third-order valence-electron chi connectivity index (χ3n) is 5.80. The molecule has 0 atom stereocenters. The molecule has 3 aromatic carbocycles. The van der Waals surface area contributed by atoms with E-state index in [4.69, 9.17) is 25.8 Å². The zero-order valence-corrected chi connectivity index (χ0v) is 18.5. The van der Waals surface area contributed by atoms with Crippen molar-refractivity contribution in [3.63, 3.8) is 0 Å². The molecule has 3 nitrogen and oxygen atoms in total. The molecule has 1 fully saturated rings. The van der Waals surface area contributed by atoms with Crippen LogP contribution < -0.4 is 0 Å². The topological polar surface area (TPSA) is 27.7 Å². The monoisotopic (exact) mass is 442 g/mol. The Morgan fingerprint density at radius 2 is 1.68 bits per heavy atom. The van der Waals surface area contributed by atoms with Crippen molar-refractivity contribution in [3.8, 4) is 0 Å². The normalized spacial score (nSPS) is 19.1. The maximum atomic E-state index is 15.1. The highest BCUT2D eigenvalue weighted by molar-refractivity contribution is 6.30. The molecule has 1 saturated heterocycles. The molecule has 164 valence electrons. The van der Waals surface area contributed by atoms with Crippen molar-refractivity contribution in [2.75, 3.05) is 26.9 Å². The Kier molecular flexibility index (Phi) is 7.57. The van der Waals surface area contributed by atoms with Crippen LogP contribution in [0.4, 0.5) is 4.39 Å². The third-order valence-corrected chi connectivity index (χ3v) is 6.05. The fourth-order valence-corrected chi connectivity index (χ4v) is 4.16. The predicted molar refractivity (Wildman–Crippen MR) is 122 cm³/mol. The molecular weight excluding hydrogens is 415 g/mol. The minimum absolute atomic E-state index is 0.124. The molecule has 0 aromatic heterocycles. The first-order chi connectivity index (χ1) is 15.1. The molecule has 31 heavy (non-hydrogen) atoms. The number of methoxy groups -OCH3 is 1. The Labute approximate surface area is 188 Å². The quantitative estimate of drug-likeness (QED) is 0.429. The van der Waals surface area contributed by atoms with E-state index >= 15 is 4.39 Å². The molecule has 0 bridgehead atoms. The van der Waals surface area contributed by atoms with Crippen LogP contribution in [-0.2, 0) is 33.5 Å². The molecule has 1 aliphatic rings. The van der Waals surface area contributed by atoms with Crippen molar-refractivity contribution >= 4 is 22.4 Å². The number of ether oxygens (including phenoxy) is 3. The van der Waals surface area contributed by atoms with Crippen molar-refractivity contribution in [2.24, 2.45) is 5.92 Å². The summed E-state index contributed by atoms with van der Waals surface area (Å²) in [5.74, 6) is 0.180. The van der Waals surface area contributed by atoms with Gasteiger partial charge in [-0.25, -0.2) is 4.39 Å². The summed E-state index contributed by atoms with van der Waals surface area (Å²) in [7, 11) is 1.69. The largest absolute Gasteiger partial charge is 0.384 e. The summed E-state index contributed by atoms with van der Waals surface area (Å²) >= 11 is 5.94. The van der Waals surface area contributed by atoms with Crippen molar-refractivity contribution in [1.82, 2.24) is 0 Å². The van der Waals surface area contributed by atoms with Crippen LogP contribution in [0.1, 0.15) is 23.1 Å². The van der Waals surface area contributed by atoms with Crippen LogP contribution in [0.3, 0.4) is 0 Å². The van der Waals surface area contributed by atoms with E-state index in [1.807, 2.05) is 48.5 Å². The van der Waals surface area contributed by atoms with E-state index in [1.54, 1.807) is 7.11 Å². The van der Waals surface area contributed by atoms with Gasteiger partial charge in [-0.3, -0.25) is 0 Å². The third kappa shape index (κ3) is 5.83. The number of hydrogen-bond donors (Lipinski definition) is 0. The van der Waals surface area contributed by atoms with Crippen LogP contribution in [0.5, 0.6) is 0 Å². The maximum absolute atomic E-state index is 15.1. The van der Waals surface area contributed by atoms with Crippen LogP contribution in [0.15, 0.2) is 54.6 Å². The van der Waals surface area contributed by atoms with Gasteiger partial charge < -0.3 is 14.2 Å². The molecule has 0 amide bonds. The summed E-state index contributed by atoms with van der Waals surface area (Å²) in [6.07, 6.45) is 2.87. The summed E-state index contributed by atoms with van der Waals surface area (Å²) in [5.41, 5.74) is 3.05. The van der Waals surface area contributed by atoms with Gasteiger partial charge >= 0.3 is 0 Å². The first-order valence-corrected chi connectivity index (χ1v) is 11.2. The van der Waals surface area contributed by atoms with Gasteiger partial charge in [0.15, 0.2) is 6.29 Å². The molecule has 0 N–H and O–H groups in total. The van der Waals surface area contributed by atoms with Crippen LogP contribution in [0.2, 0.25) is 5.02 Å². The van der Waals surface area contributed by atoms with Crippen molar-refractivity contribution in [2.45, 2.75) is 32.0 Å². The first-order valence-electron chi connectivity index (χ1n) is 10.8. The van der Waals surface area contributed by atoms with E-state index in [9.17, 15) is 0 Å². The fraction of sp³-hybridized carbons (Fsp3) is 0.385. The van der Waals surface area contributed by atoms with Gasteiger partial charge in [0.05, 0.1) is 19.8 Å². The fourth-order valence-electron chi connectivity index (χ4n) is 4.03. The highest BCUT2D eigenvalue weighted by atomic mass is 35.5. The number of fused-ring (bicyclic) bond motifs is 1. The molecule has 0 aliphatic carbocycles. The van der Waals surface area contributed by atoms with Gasteiger partial charge in [0.1, 0.15) is 5.82 Å². The van der Waals surface area contributed by atoms with Gasteiger partial charge in [-0.15, -0.1) is 0 Å². The van der Waals surface area contributed by atoms with Gasteiger partial charge in [0.2, 0.25) is 0 Å². The number of benzene rings is 3. The average molecular weight is 443 g/mol. The lowest BCUT2D eigenvalue weighted by atomic mass is 9.98. The van der Waals surface area contributed by atoms with Crippen molar-refractivity contribution in [3.05, 3.63) is 82.1 Å². The van der Waals surface area contributed by atoms with E-state index in [0.29, 0.717) is 42.6 Å². The number of halogens is 2. The van der Waals surface area contributed by atoms with Gasteiger partial charge in [0.25, 0.3) is 0 Å². The van der Waals surface area contributed by atoms with Gasteiger partial charge in [-0.1, -0.05) is 54.1 Å². The molecule has 0 radical (unpaired) electrons. The van der Waals surface area contributed by atoms with Crippen LogP contribution in [0, 0.1) is 11.7 Å². The predicted octanol–water partition coefficient (Wildman–Crippen LogP) is 5.99. The van der Waals surface area contributed by atoms with E-state index in [2.05, 4.69) is 6.07 Å². The smallest absolute Gasteiger partial charge is 0.157 e. The van der Waals surface area contributed by atoms with Crippen molar-refractivity contribution < 1.29 is 18.6 Å². The van der Waals surface area contributed by atoms with E-state index in [1.165, 1.54) is 0 Å². The Morgan fingerprint density at radius 3 is 2.42 bits per heavy atom. The lowest BCUT2D eigenvalue weighted by molar-refractivity contribution is -0.208. The maximum Gasteiger partial charge on any atom is 0.157 e. The second-order valence-electron chi connectivity index (χ2n) is 8.18. The number of rotatable bonds is 8. The average Bonchev–Trinajstić information content (AvgIpc) is 2.79. The summed E-state index contributed by atoms with van der Waals surface area (Å²) < 4.78 is 31.8. The molecule has 0 saturated carbocycles. The molecule has 4 rings (SSSR count). The molecule has 3 aromatic rings. The highest BCUT2D eigenvalue weighted by Gasteiger charge is 2.22. The minimum atomic E-state index is -0.184. The zero-order chi connectivity index (χ0) is 21.6. The molecule has 0 spiro atoms. The van der Waals surface area contributed by atoms with Crippen molar-refractivity contribution in [1.29, 1.82) is 0 Å². The summed E-state index contributed by atoms with van der Waals surface area (Å²) in [6.45, 7) is 1.99. The minimum Gasteiger partial charge on any atom is -0.384 e. The Balaban J connectivity index is 1.36. The van der Waals surface area contributed by atoms with Gasteiger partial charge in [-0.2, -0.15) is 0 Å². The molecule has 1 heterocycles. The van der Waals surface area contributed by atoms with Crippen LogP contribution in [0.25, 0.3) is 10.8 Å². The van der Waals surface area contributed by atoms with Crippen LogP contribution >= 0.6 is 11.6 Å². The summed E-state index contributed by atoms with van der Waals surface area (Å²) in [4.78, 5) is 0. The summed E-state index contributed by atoms with van der Waals surface area (Å²) in [6, 6.07) is 17.6. The zero-order valence-electron chi connectivity index (χ0n) is 17.8. The summed E-state index contributed by atoms with van der Waals surface area (Å²) in [5, 5.41) is 2.31. The lowest BCUT2D eigenvalue weighted by Crippen LogP contribution is -2.34. The Hall–Kier alpha value is -1.98.